The van der Waals surface area contributed by atoms with E-state index in [1.807, 2.05) is 0 Å². The van der Waals surface area contributed by atoms with Gasteiger partial charge in [0.2, 0.25) is 5.91 Å². The molecule has 1 aliphatic rings. The third kappa shape index (κ3) is 4.46. The maximum atomic E-state index is 11.4. The Morgan fingerprint density at radius 2 is 2.19 bits per heavy atom. The minimum Gasteiger partial charge on any atom is -0.368 e. The number of nitrogens with one attached hydrogen (secondary N) is 1. The van der Waals surface area contributed by atoms with E-state index in [-0.39, 0.29) is 17.9 Å². The van der Waals surface area contributed by atoms with Gasteiger partial charge in [0.15, 0.2) is 0 Å². The lowest BCUT2D eigenvalue weighted by Gasteiger charge is -2.28. The first-order chi connectivity index (χ1) is 7.39. The molecule has 1 rings (SSSR count). The molecule has 0 aromatic carbocycles. The summed E-state index contributed by atoms with van der Waals surface area (Å²) in [5, 5.41) is -0.309. The van der Waals surface area contributed by atoms with E-state index in [1.165, 1.54) is 6.26 Å². The second kappa shape index (κ2) is 5.60. The van der Waals surface area contributed by atoms with Gasteiger partial charge < -0.3 is 5.73 Å². The fourth-order valence-corrected chi connectivity index (χ4v) is 3.05. The van der Waals surface area contributed by atoms with E-state index in [4.69, 9.17) is 10.6 Å². The lowest BCUT2D eigenvalue weighted by molar-refractivity contribution is -0.126. The number of rotatable bonds is 5. The molecule has 7 heteroatoms. The maximum absolute atomic E-state index is 11.4. The van der Waals surface area contributed by atoms with Crippen LogP contribution in [0.5, 0.6) is 0 Å². The van der Waals surface area contributed by atoms with Crippen molar-refractivity contribution in [3.05, 3.63) is 0 Å². The molecule has 2 atom stereocenters. The maximum Gasteiger partial charge on any atom is 0.245 e. The molecule has 1 fully saturated rings. The minimum absolute atomic E-state index is 0.0205. The van der Waals surface area contributed by atoms with Crippen LogP contribution >= 0.6 is 0 Å². The largest absolute Gasteiger partial charge is 0.368 e. The molecule has 0 heterocycles. The average Bonchev–Trinajstić information content (AvgIpc) is 2.16. The molecule has 1 saturated carbocycles. The monoisotopic (exact) mass is 250 g/mol. The van der Waals surface area contributed by atoms with Gasteiger partial charge in [0, 0.05) is 12.3 Å². The van der Waals surface area contributed by atoms with Gasteiger partial charge in [0.05, 0.1) is 5.25 Å². The Labute approximate surface area is 95.4 Å². The number of hydrogen-bond acceptors (Lipinski definition) is 5. The van der Waals surface area contributed by atoms with Crippen molar-refractivity contribution in [3.8, 4) is 0 Å². The van der Waals surface area contributed by atoms with E-state index in [0.29, 0.717) is 12.8 Å². The summed E-state index contributed by atoms with van der Waals surface area (Å²) in [5.74, 6) is -0.553. The molecule has 2 unspecified atom stereocenters. The van der Waals surface area contributed by atoms with Crippen LogP contribution in [-0.4, -0.2) is 38.5 Å². The molecule has 0 bridgehead atoms. The molecular formula is C9H18N2O4S. The molecule has 0 saturated heterocycles. The van der Waals surface area contributed by atoms with E-state index in [1.54, 1.807) is 0 Å². The van der Waals surface area contributed by atoms with Gasteiger partial charge in [0.1, 0.15) is 16.4 Å². The highest BCUT2D eigenvalue weighted by molar-refractivity contribution is 7.91. The topological polar surface area (TPSA) is 98.5 Å². The van der Waals surface area contributed by atoms with E-state index in [0.717, 1.165) is 12.8 Å². The third-order valence-corrected chi connectivity index (χ3v) is 4.34. The quantitative estimate of drug-likeness (QED) is 0.632. The summed E-state index contributed by atoms with van der Waals surface area (Å²) in [5.41, 5.74) is 7.59. The average molecular weight is 250 g/mol. The summed E-state index contributed by atoms with van der Waals surface area (Å²) in [4.78, 5) is 15.3. The number of carbonyl (C=O) groups excluding carboxylic acids is 1. The van der Waals surface area contributed by atoms with Crippen LogP contribution in [0.1, 0.15) is 25.7 Å². The van der Waals surface area contributed by atoms with Crippen molar-refractivity contribution in [3.63, 3.8) is 0 Å². The zero-order valence-electron chi connectivity index (χ0n) is 9.31. The standard InChI is InChI=1S/C9H18N2O4S/c1-16(13,14)8-4-2-3-7(5-8)11-15-6-9(10)12/h7-8,11H,2-6H2,1H3,(H2,10,12). The second-order valence-electron chi connectivity index (χ2n) is 4.19. The van der Waals surface area contributed by atoms with Crippen molar-refractivity contribution in [1.82, 2.24) is 5.48 Å². The van der Waals surface area contributed by atoms with E-state index in [9.17, 15) is 13.2 Å². The zero-order chi connectivity index (χ0) is 12.2. The number of hydrogen-bond donors (Lipinski definition) is 2. The summed E-state index contributed by atoms with van der Waals surface area (Å²) in [6.07, 6.45) is 4.18. The van der Waals surface area contributed by atoms with E-state index in [2.05, 4.69) is 5.48 Å². The SMILES string of the molecule is CS(=O)(=O)C1CCCC(NOCC(N)=O)C1. The third-order valence-electron chi connectivity index (χ3n) is 2.70. The van der Waals surface area contributed by atoms with Crippen LogP contribution in [0, 0.1) is 0 Å². The summed E-state index contributed by atoms with van der Waals surface area (Å²) in [6, 6.07) is -0.0205. The smallest absolute Gasteiger partial charge is 0.245 e. The zero-order valence-corrected chi connectivity index (χ0v) is 10.1. The van der Waals surface area contributed by atoms with Gasteiger partial charge in [-0.2, -0.15) is 5.48 Å². The lowest BCUT2D eigenvalue weighted by atomic mass is 9.96. The van der Waals surface area contributed by atoms with Crippen molar-refractivity contribution in [2.75, 3.05) is 12.9 Å². The number of sulfone groups is 1. The van der Waals surface area contributed by atoms with Gasteiger partial charge in [-0.05, 0) is 19.3 Å². The Balaban J connectivity index is 2.36. The van der Waals surface area contributed by atoms with Crippen LogP contribution in [0.25, 0.3) is 0 Å². The normalized spacial score (nSPS) is 26.6. The summed E-state index contributed by atoms with van der Waals surface area (Å²) in [6.45, 7) is -0.194. The highest BCUT2D eigenvalue weighted by atomic mass is 32.2. The van der Waals surface area contributed by atoms with Gasteiger partial charge in [-0.25, -0.2) is 8.42 Å². The predicted molar refractivity (Wildman–Crippen MR) is 59.2 cm³/mol. The van der Waals surface area contributed by atoms with Crippen molar-refractivity contribution >= 4 is 15.7 Å². The lowest BCUT2D eigenvalue weighted by Crippen LogP contribution is -2.40. The number of nitrogens with two attached hydrogens (primary N) is 1. The van der Waals surface area contributed by atoms with E-state index >= 15 is 0 Å². The van der Waals surface area contributed by atoms with Crippen molar-refractivity contribution in [2.24, 2.45) is 5.73 Å². The molecule has 0 aromatic heterocycles. The van der Waals surface area contributed by atoms with Crippen LogP contribution in [0.2, 0.25) is 0 Å². The molecule has 6 nitrogen and oxygen atoms in total. The van der Waals surface area contributed by atoms with Crippen molar-refractivity contribution in [1.29, 1.82) is 0 Å². The number of primary amides is 1. The molecule has 0 spiro atoms. The summed E-state index contributed by atoms with van der Waals surface area (Å²) < 4.78 is 22.7. The molecule has 0 radical (unpaired) electrons. The fraction of sp³-hybridized carbons (Fsp3) is 0.889. The van der Waals surface area contributed by atoms with E-state index < -0.39 is 15.7 Å². The summed E-state index contributed by atoms with van der Waals surface area (Å²) >= 11 is 0. The first-order valence-electron chi connectivity index (χ1n) is 5.24. The predicted octanol–water partition coefficient (Wildman–Crippen LogP) is -0.651. The van der Waals surface area contributed by atoms with Gasteiger partial charge in [0.25, 0.3) is 0 Å². The Bertz CT molecular complexity index is 341. The number of amides is 1. The van der Waals surface area contributed by atoms with Crippen LogP contribution in [0.3, 0.4) is 0 Å². The number of hydroxylamine groups is 1. The Kier molecular flexibility index (Phi) is 4.69. The molecule has 1 amide bonds. The molecule has 0 aliphatic heterocycles. The Hall–Kier alpha value is -0.660. The first-order valence-corrected chi connectivity index (χ1v) is 7.19. The fourth-order valence-electron chi connectivity index (χ4n) is 1.87. The minimum atomic E-state index is -2.99. The van der Waals surface area contributed by atoms with Crippen LogP contribution in [0.4, 0.5) is 0 Å². The van der Waals surface area contributed by atoms with Crippen LogP contribution < -0.4 is 11.2 Å². The van der Waals surface area contributed by atoms with Crippen molar-refractivity contribution < 1.29 is 18.0 Å². The molecular weight excluding hydrogens is 232 g/mol. The Morgan fingerprint density at radius 1 is 1.50 bits per heavy atom. The van der Waals surface area contributed by atoms with Gasteiger partial charge in [-0.15, -0.1) is 0 Å². The van der Waals surface area contributed by atoms with Gasteiger partial charge in [-0.3, -0.25) is 9.63 Å². The van der Waals surface area contributed by atoms with Crippen LogP contribution in [-0.2, 0) is 19.5 Å². The highest BCUT2D eigenvalue weighted by Gasteiger charge is 2.28. The van der Waals surface area contributed by atoms with Crippen LogP contribution in [0.15, 0.2) is 0 Å². The highest BCUT2D eigenvalue weighted by Crippen LogP contribution is 2.23. The molecule has 1 aliphatic carbocycles. The first kappa shape index (κ1) is 13.4. The van der Waals surface area contributed by atoms with Gasteiger partial charge >= 0.3 is 0 Å². The van der Waals surface area contributed by atoms with Crippen molar-refractivity contribution in [2.45, 2.75) is 37.0 Å². The number of carbonyl (C=O) groups is 1. The molecule has 0 aromatic rings. The van der Waals surface area contributed by atoms with Gasteiger partial charge in [-0.1, -0.05) is 6.42 Å². The summed E-state index contributed by atoms with van der Waals surface area (Å²) in [7, 11) is -2.99. The second-order valence-corrected chi connectivity index (χ2v) is 6.51. The molecule has 3 N–H and O–H groups in total. The Morgan fingerprint density at radius 3 is 2.75 bits per heavy atom. The molecule has 94 valence electrons. The molecule has 16 heavy (non-hydrogen) atoms.